The molecule has 0 heterocycles. The predicted molar refractivity (Wildman–Crippen MR) is 77.6 cm³/mol. The van der Waals surface area contributed by atoms with Gasteiger partial charge in [0.15, 0.2) is 0 Å². The summed E-state index contributed by atoms with van der Waals surface area (Å²) in [5.74, 6) is 0. The van der Waals surface area contributed by atoms with Gasteiger partial charge in [-0.2, -0.15) is 0 Å². The monoisotopic (exact) mass is 249 g/mol. The van der Waals surface area contributed by atoms with Crippen LogP contribution in [0.2, 0.25) is 0 Å². The number of unbranched alkanes of at least 4 members (excludes halogenated alkanes) is 1. The number of rotatable bonds is 4. The van der Waals surface area contributed by atoms with E-state index in [0.29, 0.717) is 0 Å². The Kier molecular flexibility index (Phi) is 5.46. The molecule has 0 saturated heterocycles. The molecule has 0 unspecified atom stereocenters. The minimum atomic E-state index is 0. The highest BCUT2D eigenvalue weighted by atomic mass is 35.5. The summed E-state index contributed by atoms with van der Waals surface area (Å²) in [5, 5.41) is 2.57. The van der Waals surface area contributed by atoms with Crippen LogP contribution < -0.4 is 5.73 Å². The van der Waals surface area contributed by atoms with Crippen LogP contribution >= 0.6 is 12.4 Å². The number of benzene rings is 2. The smallest absolute Gasteiger partial charge is 0.0295 e. The molecule has 0 saturated carbocycles. The Bertz CT molecular complexity index is 467. The average molecular weight is 250 g/mol. The molecule has 0 spiro atoms. The molecule has 0 aromatic heterocycles. The number of hydrogen-bond donors (Lipinski definition) is 1. The maximum atomic E-state index is 6.17. The van der Waals surface area contributed by atoms with Crippen molar-refractivity contribution in [1.29, 1.82) is 0 Å². The Morgan fingerprint density at radius 1 is 1.06 bits per heavy atom. The van der Waals surface area contributed by atoms with Gasteiger partial charge in [0.25, 0.3) is 0 Å². The summed E-state index contributed by atoms with van der Waals surface area (Å²) in [6.07, 6.45) is 3.49. The van der Waals surface area contributed by atoms with Gasteiger partial charge in [-0.1, -0.05) is 56.2 Å². The molecule has 2 heteroatoms. The third kappa shape index (κ3) is 3.45. The van der Waals surface area contributed by atoms with Gasteiger partial charge in [-0.15, -0.1) is 12.4 Å². The van der Waals surface area contributed by atoms with Crippen molar-refractivity contribution in [3.05, 3.63) is 48.0 Å². The minimum absolute atomic E-state index is 0. The number of fused-ring (bicyclic) bond motifs is 1. The third-order valence-corrected chi connectivity index (χ3v) is 3.07. The van der Waals surface area contributed by atoms with Crippen molar-refractivity contribution in [2.75, 3.05) is 0 Å². The molecule has 0 bridgehead atoms. The van der Waals surface area contributed by atoms with Crippen LogP contribution in [0.25, 0.3) is 10.8 Å². The maximum absolute atomic E-state index is 6.17. The van der Waals surface area contributed by atoms with E-state index in [9.17, 15) is 0 Å². The molecular formula is C15H20ClN. The van der Waals surface area contributed by atoms with E-state index < -0.39 is 0 Å². The fourth-order valence-corrected chi connectivity index (χ4v) is 2.03. The molecule has 92 valence electrons. The zero-order chi connectivity index (χ0) is 11.4. The maximum Gasteiger partial charge on any atom is 0.0295 e. The van der Waals surface area contributed by atoms with Crippen LogP contribution in [0, 0.1) is 0 Å². The molecule has 2 rings (SSSR count). The van der Waals surface area contributed by atoms with Crippen molar-refractivity contribution in [3.63, 3.8) is 0 Å². The first kappa shape index (κ1) is 14.0. The second-order valence-electron chi connectivity index (χ2n) is 4.36. The summed E-state index contributed by atoms with van der Waals surface area (Å²) >= 11 is 0. The van der Waals surface area contributed by atoms with E-state index in [1.807, 2.05) is 0 Å². The number of nitrogens with two attached hydrogens (primary N) is 1. The van der Waals surface area contributed by atoms with Crippen LogP contribution in [0.1, 0.15) is 37.8 Å². The van der Waals surface area contributed by atoms with Crippen LogP contribution in [0.5, 0.6) is 0 Å². The summed E-state index contributed by atoms with van der Waals surface area (Å²) < 4.78 is 0. The molecule has 0 aliphatic heterocycles. The van der Waals surface area contributed by atoms with Crippen molar-refractivity contribution >= 4 is 23.2 Å². The predicted octanol–water partition coefficient (Wildman–Crippen LogP) is 4.45. The molecule has 1 atom stereocenters. The summed E-state index contributed by atoms with van der Waals surface area (Å²) in [5.41, 5.74) is 7.43. The van der Waals surface area contributed by atoms with Crippen LogP contribution in [0.4, 0.5) is 0 Å². The fourth-order valence-electron chi connectivity index (χ4n) is 2.03. The van der Waals surface area contributed by atoms with E-state index in [1.165, 1.54) is 29.2 Å². The molecule has 0 aliphatic rings. The van der Waals surface area contributed by atoms with Crippen molar-refractivity contribution in [3.8, 4) is 0 Å². The molecule has 1 nitrogen and oxygen atoms in total. The van der Waals surface area contributed by atoms with Crippen LogP contribution in [-0.4, -0.2) is 0 Å². The molecule has 17 heavy (non-hydrogen) atoms. The Hall–Kier alpha value is -1.05. The topological polar surface area (TPSA) is 26.0 Å². The van der Waals surface area contributed by atoms with E-state index in [1.54, 1.807) is 0 Å². The van der Waals surface area contributed by atoms with Crippen molar-refractivity contribution in [2.24, 2.45) is 5.73 Å². The average Bonchev–Trinajstić information content (AvgIpc) is 2.35. The van der Waals surface area contributed by atoms with Crippen molar-refractivity contribution in [2.45, 2.75) is 32.2 Å². The summed E-state index contributed by atoms with van der Waals surface area (Å²) in [6.45, 7) is 2.20. The Morgan fingerprint density at radius 2 is 1.76 bits per heavy atom. The molecule has 0 aliphatic carbocycles. The largest absolute Gasteiger partial charge is 0.324 e. The first-order chi connectivity index (χ1) is 7.81. The SMILES string of the molecule is CCCC[C@H](N)c1ccc2ccccc2c1.Cl. The molecule has 2 aromatic rings. The van der Waals surface area contributed by atoms with Gasteiger partial charge in [0, 0.05) is 6.04 Å². The van der Waals surface area contributed by atoms with E-state index in [-0.39, 0.29) is 18.4 Å². The Labute approximate surface area is 109 Å². The Morgan fingerprint density at radius 3 is 2.47 bits per heavy atom. The number of hydrogen-bond acceptors (Lipinski definition) is 1. The molecule has 2 aromatic carbocycles. The highest BCUT2D eigenvalue weighted by Gasteiger charge is 2.05. The molecule has 0 amide bonds. The van der Waals surface area contributed by atoms with Crippen LogP contribution in [0.3, 0.4) is 0 Å². The lowest BCUT2D eigenvalue weighted by Gasteiger charge is -2.12. The minimum Gasteiger partial charge on any atom is -0.324 e. The van der Waals surface area contributed by atoms with Gasteiger partial charge < -0.3 is 5.73 Å². The lowest BCUT2D eigenvalue weighted by Crippen LogP contribution is -2.09. The van der Waals surface area contributed by atoms with E-state index >= 15 is 0 Å². The van der Waals surface area contributed by atoms with Crippen molar-refractivity contribution < 1.29 is 0 Å². The van der Waals surface area contributed by atoms with E-state index in [0.717, 1.165) is 6.42 Å². The van der Waals surface area contributed by atoms with Gasteiger partial charge in [0.05, 0.1) is 0 Å². The highest BCUT2D eigenvalue weighted by Crippen LogP contribution is 2.22. The lowest BCUT2D eigenvalue weighted by molar-refractivity contribution is 0.604. The molecule has 0 radical (unpaired) electrons. The summed E-state index contributed by atoms with van der Waals surface area (Å²) in [6, 6.07) is 15.1. The van der Waals surface area contributed by atoms with Gasteiger partial charge in [-0.3, -0.25) is 0 Å². The lowest BCUT2D eigenvalue weighted by atomic mass is 9.99. The molecule has 2 N–H and O–H groups in total. The summed E-state index contributed by atoms with van der Waals surface area (Å²) in [7, 11) is 0. The van der Waals surface area contributed by atoms with Gasteiger partial charge in [0.1, 0.15) is 0 Å². The second kappa shape index (κ2) is 6.63. The van der Waals surface area contributed by atoms with Gasteiger partial charge >= 0.3 is 0 Å². The van der Waals surface area contributed by atoms with E-state index in [2.05, 4.69) is 49.4 Å². The zero-order valence-corrected chi connectivity index (χ0v) is 11.0. The first-order valence-electron chi connectivity index (χ1n) is 6.05. The number of halogens is 1. The zero-order valence-electron chi connectivity index (χ0n) is 10.2. The highest BCUT2D eigenvalue weighted by molar-refractivity contribution is 5.85. The fraction of sp³-hybridized carbons (Fsp3) is 0.333. The normalized spacial score (nSPS) is 12.1. The van der Waals surface area contributed by atoms with Gasteiger partial charge in [0.2, 0.25) is 0 Å². The van der Waals surface area contributed by atoms with Crippen LogP contribution in [0.15, 0.2) is 42.5 Å². The standard InChI is InChI=1S/C15H19N.ClH/c1-2-3-8-15(16)14-10-9-12-6-4-5-7-13(12)11-14;/h4-7,9-11,15H,2-3,8,16H2,1H3;1H/t15-;/m0./s1. The van der Waals surface area contributed by atoms with Crippen molar-refractivity contribution in [1.82, 2.24) is 0 Å². The quantitative estimate of drug-likeness (QED) is 0.851. The summed E-state index contributed by atoms with van der Waals surface area (Å²) in [4.78, 5) is 0. The van der Waals surface area contributed by atoms with Gasteiger partial charge in [-0.05, 0) is 28.8 Å². The molecule has 0 fully saturated rings. The van der Waals surface area contributed by atoms with Crippen LogP contribution in [-0.2, 0) is 0 Å². The van der Waals surface area contributed by atoms with E-state index in [4.69, 9.17) is 5.73 Å². The third-order valence-electron chi connectivity index (χ3n) is 3.07. The molecular weight excluding hydrogens is 230 g/mol. The Balaban J connectivity index is 0.00000144. The van der Waals surface area contributed by atoms with Gasteiger partial charge in [-0.25, -0.2) is 0 Å². The second-order valence-corrected chi connectivity index (χ2v) is 4.36. The first-order valence-corrected chi connectivity index (χ1v) is 6.05.